The third-order valence-corrected chi connectivity index (χ3v) is 5.06. The van der Waals surface area contributed by atoms with E-state index in [-0.39, 0.29) is 5.75 Å². The maximum Gasteiger partial charge on any atom is 0.345 e. The van der Waals surface area contributed by atoms with E-state index in [1.54, 1.807) is 18.2 Å². The molecule has 0 fully saturated rings. The van der Waals surface area contributed by atoms with Gasteiger partial charge in [0.25, 0.3) is 0 Å². The third-order valence-electron chi connectivity index (χ3n) is 5.06. The molecule has 5 nitrogen and oxygen atoms in total. The van der Waals surface area contributed by atoms with Crippen LogP contribution in [-0.4, -0.2) is 24.4 Å². The number of rotatable bonds is 5. The normalized spacial score (nSPS) is 11.5. The monoisotopic (exact) mass is 386 g/mol. The van der Waals surface area contributed by atoms with Crippen molar-refractivity contribution in [1.82, 2.24) is 0 Å². The maximum absolute atomic E-state index is 12.4. The fraction of sp³-hybridized carbons (Fsp3) is 0.167. The SMILES string of the molecule is CCN(CC)c1ccc2cc(C=Nc3cc4ccccc4cc3O)c(=O)oc2c1. The smallest absolute Gasteiger partial charge is 0.345 e. The van der Waals surface area contributed by atoms with Crippen molar-refractivity contribution in [2.24, 2.45) is 4.99 Å². The molecule has 0 aliphatic carbocycles. The summed E-state index contributed by atoms with van der Waals surface area (Å²) >= 11 is 0. The summed E-state index contributed by atoms with van der Waals surface area (Å²) in [5.41, 5.74) is 1.84. The highest BCUT2D eigenvalue weighted by atomic mass is 16.4. The van der Waals surface area contributed by atoms with Crippen molar-refractivity contribution < 1.29 is 9.52 Å². The number of benzene rings is 3. The molecule has 1 aromatic heterocycles. The van der Waals surface area contributed by atoms with Gasteiger partial charge in [-0.2, -0.15) is 0 Å². The predicted molar refractivity (Wildman–Crippen MR) is 119 cm³/mol. The molecule has 0 aliphatic heterocycles. The molecule has 4 rings (SSSR count). The largest absolute Gasteiger partial charge is 0.506 e. The highest BCUT2D eigenvalue weighted by molar-refractivity contribution is 5.92. The molecule has 0 aliphatic rings. The lowest BCUT2D eigenvalue weighted by molar-refractivity contribution is 0.478. The van der Waals surface area contributed by atoms with Crippen LogP contribution in [0, 0.1) is 0 Å². The zero-order valence-corrected chi connectivity index (χ0v) is 16.4. The number of phenolic OH excluding ortho intramolecular Hbond substituents is 1. The van der Waals surface area contributed by atoms with Crippen LogP contribution in [0.4, 0.5) is 11.4 Å². The van der Waals surface area contributed by atoms with Gasteiger partial charge in [0.2, 0.25) is 0 Å². The van der Waals surface area contributed by atoms with Gasteiger partial charge in [-0.15, -0.1) is 0 Å². The number of aromatic hydroxyl groups is 1. The van der Waals surface area contributed by atoms with Gasteiger partial charge < -0.3 is 14.4 Å². The van der Waals surface area contributed by atoms with Gasteiger partial charge in [-0.25, -0.2) is 4.79 Å². The van der Waals surface area contributed by atoms with Gasteiger partial charge in [-0.3, -0.25) is 4.99 Å². The van der Waals surface area contributed by atoms with Crippen molar-refractivity contribution >= 4 is 39.3 Å². The van der Waals surface area contributed by atoms with E-state index >= 15 is 0 Å². The summed E-state index contributed by atoms with van der Waals surface area (Å²) in [4.78, 5) is 19.0. The minimum Gasteiger partial charge on any atom is -0.506 e. The molecular formula is C24H22N2O3. The fourth-order valence-electron chi connectivity index (χ4n) is 3.45. The Balaban J connectivity index is 1.71. The van der Waals surface area contributed by atoms with E-state index < -0.39 is 5.63 Å². The quantitative estimate of drug-likeness (QED) is 0.376. The molecule has 0 amide bonds. The third kappa shape index (κ3) is 3.72. The van der Waals surface area contributed by atoms with E-state index in [0.717, 1.165) is 34.9 Å². The summed E-state index contributed by atoms with van der Waals surface area (Å²) in [5.74, 6) is 0.0639. The lowest BCUT2D eigenvalue weighted by Crippen LogP contribution is -2.21. The minimum atomic E-state index is -0.460. The molecule has 29 heavy (non-hydrogen) atoms. The van der Waals surface area contributed by atoms with Crippen molar-refractivity contribution in [2.45, 2.75) is 13.8 Å². The van der Waals surface area contributed by atoms with E-state index in [1.807, 2.05) is 42.5 Å². The van der Waals surface area contributed by atoms with Crippen LogP contribution in [0.5, 0.6) is 5.75 Å². The van der Waals surface area contributed by atoms with Crippen LogP contribution < -0.4 is 10.5 Å². The topological polar surface area (TPSA) is 66.0 Å². The van der Waals surface area contributed by atoms with E-state index in [9.17, 15) is 9.90 Å². The van der Waals surface area contributed by atoms with Crippen LogP contribution in [-0.2, 0) is 0 Å². The highest BCUT2D eigenvalue weighted by Gasteiger charge is 2.08. The van der Waals surface area contributed by atoms with Crippen LogP contribution in [0.2, 0.25) is 0 Å². The molecule has 0 saturated heterocycles. The van der Waals surface area contributed by atoms with Crippen molar-refractivity contribution in [3.8, 4) is 5.75 Å². The van der Waals surface area contributed by atoms with Gasteiger partial charge in [0.15, 0.2) is 0 Å². The van der Waals surface area contributed by atoms with Crippen LogP contribution in [0.25, 0.3) is 21.7 Å². The highest BCUT2D eigenvalue weighted by Crippen LogP contribution is 2.31. The molecule has 1 heterocycles. The van der Waals surface area contributed by atoms with E-state index in [1.165, 1.54) is 6.21 Å². The Kier molecular flexibility index (Phi) is 5.04. The number of phenols is 1. The first kappa shape index (κ1) is 18.7. The van der Waals surface area contributed by atoms with Crippen molar-refractivity contribution in [1.29, 1.82) is 0 Å². The van der Waals surface area contributed by atoms with Crippen LogP contribution in [0.1, 0.15) is 19.4 Å². The summed E-state index contributed by atoms with van der Waals surface area (Å²) in [6.45, 7) is 5.94. The number of fused-ring (bicyclic) bond motifs is 2. The average molecular weight is 386 g/mol. The fourth-order valence-corrected chi connectivity index (χ4v) is 3.45. The van der Waals surface area contributed by atoms with E-state index in [4.69, 9.17) is 4.42 Å². The zero-order chi connectivity index (χ0) is 20.4. The molecule has 0 atom stereocenters. The summed E-state index contributed by atoms with van der Waals surface area (Å²) in [7, 11) is 0. The molecule has 146 valence electrons. The summed E-state index contributed by atoms with van der Waals surface area (Å²) < 4.78 is 5.53. The lowest BCUT2D eigenvalue weighted by atomic mass is 10.1. The summed E-state index contributed by atoms with van der Waals surface area (Å²) in [6.07, 6.45) is 1.44. The molecule has 5 heteroatoms. The first-order chi connectivity index (χ1) is 14.1. The van der Waals surface area contributed by atoms with E-state index in [2.05, 4.69) is 23.7 Å². The Labute approximate surface area is 168 Å². The molecule has 0 bridgehead atoms. The molecule has 0 unspecified atom stereocenters. The zero-order valence-electron chi connectivity index (χ0n) is 16.4. The Morgan fingerprint density at radius 2 is 1.69 bits per heavy atom. The Morgan fingerprint density at radius 3 is 2.41 bits per heavy atom. The lowest BCUT2D eigenvalue weighted by Gasteiger charge is -2.20. The first-order valence-electron chi connectivity index (χ1n) is 9.67. The molecular weight excluding hydrogens is 364 g/mol. The van der Waals surface area contributed by atoms with Crippen molar-refractivity contribution in [3.05, 3.63) is 76.6 Å². The number of nitrogens with zero attached hydrogens (tertiary/aromatic N) is 2. The Hall–Kier alpha value is -3.60. The second-order valence-electron chi connectivity index (χ2n) is 6.83. The Morgan fingerprint density at radius 1 is 0.966 bits per heavy atom. The van der Waals surface area contributed by atoms with Gasteiger partial charge in [-0.1, -0.05) is 24.3 Å². The predicted octanol–water partition coefficient (Wildman–Crippen LogP) is 5.25. The van der Waals surface area contributed by atoms with Crippen molar-refractivity contribution in [3.63, 3.8) is 0 Å². The molecule has 0 radical (unpaired) electrons. The summed E-state index contributed by atoms with van der Waals surface area (Å²) in [5, 5.41) is 13.0. The number of anilines is 1. The van der Waals surface area contributed by atoms with Gasteiger partial charge in [-0.05, 0) is 55.0 Å². The molecule has 0 saturated carbocycles. The second-order valence-corrected chi connectivity index (χ2v) is 6.83. The van der Waals surface area contributed by atoms with Gasteiger partial charge in [0.1, 0.15) is 17.0 Å². The number of aliphatic imine (C=N–C) groups is 1. The van der Waals surface area contributed by atoms with Gasteiger partial charge in [0, 0.05) is 36.4 Å². The second kappa shape index (κ2) is 7.80. The van der Waals surface area contributed by atoms with Crippen LogP contribution >= 0.6 is 0 Å². The first-order valence-corrected chi connectivity index (χ1v) is 9.67. The average Bonchev–Trinajstić information content (AvgIpc) is 2.73. The van der Waals surface area contributed by atoms with E-state index in [0.29, 0.717) is 16.8 Å². The minimum absolute atomic E-state index is 0.0639. The number of hydrogen-bond acceptors (Lipinski definition) is 5. The maximum atomic E-state index is 12.4. The molecule has 1 N–H and O–H groups in total. The van der Waals surface area contributed by atoms with Gasteiger partial charge >= 0.3 is 5.63 Å². The van der Waals surface area contributed by atoms with Crippen molar-refractivity contribution in [2.75, 3.05) is 18.0 Å². The summed E-state index contributed by atoms with van der Waals surface area (Å²) in [6, 6.07) is 18.8. The Bertz CT molecular complexity index is 1270. The molecule has 4 aromatic rings. The number of hydrogen-bond donors (Lipinski definition) is 1. The molecule has 0 spiro atoms. The standard InChI is InChI=1S/C24H22N2O3/c1-3-26(4-2)20-10-9-18-11-19(24(28)29-23(18)14-20)15-25-21-12-16-7-5-6-8-17(16)13-22(21)27/h5-15,27H,3-4H2,1-2H3. The molecule has 3 aromatic carbocycles. The van der Waals surface area contributed by atoms with Crippen LogP contribution in [0.3, 0.4) is 0 Å². The van der Waals surface area contributed by atoms with Gasteiger partial charge in [0.05, 0.1) is 5.56 Å². The van der Waals surface area contributed by atoms with Crippen LogP contribution in [0.15, 0.2) is 74.9 Å².